The van der Waals surface area contributed by atoms with E-state index in [4.69, 9.17) is 4.74 Å². The number of halogens is 4. The third-order valence-electron chi connectivity index (χ3n) is 6.62. The van der Waals surface area contributed by atoms with Crippen molar-refractivity contribution in [1.82, 2.24) is 0 Å². The highest BCUT2D eigenvalue weighted by molar-refractivity contribution is 7.76. The summed E-state index contributed by atoms with van der Waals surface area (Å²) in [5, 5.41) is 0. The topological polar surface area (TPSA) is 9.23 Å². The maximum atomic E-state index is 9.75. The van der Waals surface area contributed by atoms with Gasteiger partial charge in [0.15, 0.2) is 0 Å². The SMILES string of the molecule is CCCCCCCCCCCCCCCCCCOc1ccc(C[SH+]Cc2ccccc2)cc1.F[B-](F)(F)F. The molecule has 0 N–H and O–H groups in total. The van der Waals surface area contributed by atoms with Gasteiger partial charge in [0.2, 0.25) is 0 Å². The van der Waals surface area contributed by atoms with Crippen molar-refractivity contribution in [2.24, 2.45) is 0 Å². The van der Waals surface area contributed by atoms with E-state index in [9.17, 15) is 17.3 Å². The minimum atomic E-state index is -6.00. The summed E-state index contributed by atoms with van der Waals surface area (Å²) in [5.41, 5.74) is 2.82. The number of rotatable bonds is 22. The number of hydrogen-bond acceptors (Lipinski definition) is 1. The van der Waals surface area contributed by atoms with Gasteiger partial charge in [-0.3, -0.25) is 0 Å². The predicted octanol–water partition coefficient (Wildman–Crippen LogP) is 11.1. The molecule has 7 heteroatoms. The van der Waals surface area contributed by atoms with Gasteiger partial charge in [-0.05, 0) is 30.3 Å². The van der Waals surface area contributed by atoms with Gasteiger partial charge in [0.1, 0.15) is 17.3 Å². The molecular formula is C32H51BF4OS. The van der Waals surface area contributed by atoms with Crippen LogP contribution < -0.4 is 4.74 Å². The van der Waals surface area contributed by atoms with Gasteiger partial charge in [-0.15, -0.1) is 0 Å². The Balaban J connectivity index is 0.00000139. The lowest BCUT2D eigenvalue weighted by Gasteiger charge is -2.07. The largest absolute Gasteiger partial charge is 0.673 e. The normalized spacial score (nSPS) is 11.2. The fraction of sp³-hybridized carbons (Fsp3) is 0.625. The zero-order chi connectivity index (χ0) is 28.4. The van der Waals surface area contributed by atoms with Crippen LogP contribution in [0.5, 0.6) is 5.75 Å². The Morgan fingerprint density at radius 3 is 1.36 bits per heavy atom. The van der Waals surface area contributed by atoms with Crippen molar-refractivity contribution in [3.63, 3.8) is 0 Å². The fourth-order valence-electron chi connectivity index (χ4n) is 4.43. The molecule has 39 heavy (non-hydrogen) atoms. The number of hydrogen-bond donors (Lipinski definition) is 0. The lowest BCUT2D eigenvalue weighted by molar-refractivity contribution is 0.304. The summed E-state index contributed by atoms with van der Waals surface area (Å²) in [7, 11) is -6.00. The summed E-state index contributed by atoms with van der Waals surface area (Å²) in [6.07, 6.45) is 22.5. The third-order valence-corrected chi connectivity index (χ3v) is 7.80. The van der Waals surface area contributed by atoms with Crippen molar-refractivity contribution in [3.05, 3.63) is 65.7 Å². The maximum absolute atomic E-state index is 9.75. The Kier molecular flexibility index (Phi) is 22.0. The van der Waals surface area contributed by atoms with Crippen molar-refractivity contribution < 1.29 is 22.0 Å². The summed E-state index contributed by atoms with van der Waals surface area (Å²) in [4.78, 5) is 0. The van der Waals surface area contributed by atoms with Crippen LogP contribution in [-0.2, 0) is 23.3 Å². The monoisotopic (exact) mass is 570 g/mol. The second kappa shape index (κ2) is 24.2. The van der Waals surface area contributed by atoms with Crippen LogP contribution in [0.2, 0.25) is 0 Å². The van der Waals surface area contributed by atoms with E-state index in [0.717, 1.165) is 23.9 Å². The molecule has 0 aliphatic carbocycles. The van der Waals surface area contributed by atoms with Crippen molar-refractivity contribution in [2.45, 2.75) is 121 Å². The van der Waals surface area contributed by atoms with Crippen LogP contribution in [0, 0.1) is 0 Å². The van der Waals surface area contributed by atoms with Gasteiger partial charge >= 0.3 is 7.25 Å². The molecule has 0 aliphatic rings. The van der Waals surface area contributed by atoms with E-state index in [1.165, 1.54) is 126 Å². The van der Waals surface area contributed by atoms with Gasteiger partial charge in [0.25, 0.3) is 0 Å². The molecule has 1 nitrogen and oxygen atoms in total. The zero-order valence-corrected chi connectivity index (χ0v) is 25.0. The quantitative estimate of drug-likeness (QED) is 0.0450. The molecule has 0 radical (unpaired) electrons. The van der Waals surface area contributed by atoms with Crippen LogP contribution in [0.3, 0.4) is 0 Å². The second-order valence-electron chi connectivity index (χ2n) is 10.3. The Morgan fingerprint density at radius 1 is 0.538 bits per heavy atom. The van der Waals surface area contributed by atoms with Gasteiger partial charge in [-0.25, -0.2) is 0 Å². The van der Waals surface area contributed by atoms with Crippen LogP contribution in [0.4, 0.5) is 17.3 Å². The van der Waals surface area contributed by atoms with E-state index < -0.39 is 7.25 Å². The highest BCUT2D eigenvalue weighted by Crippen LogP contribution is 2.16. The zero-order valence-electron chi connectivity index (χ0n) is 24.1. The molecule has 0 heterocycles. The summed E-state index contributed by atoms with van der Waals surface area (Å²) in [6.45, 7) is 3.15. The summed E-state index contributed by atoms with van der Waals surface area (Å²) >= 11 is 1.45. The fourth-order valence-corrected chi connectivity index (χ4v) is 5.48. The first kappa shape index (κ1) is 35.4. The Hall–Kier alpha value is -1.63. The Morgan fingerprint density at radius 2 is 0.923 bits per heavy atom. The van der Waals surface area contributed by atoms with E-state index in [-0.39, 0.29) is 0 Å². The molecule has 0 amide bonds. The molecular weight excluding hydrogens is 519 g/mol. The first-order valence-electron chi connectivity index (χ1n) is 15.1. The van der Waals surface area contributed by atoms with E-state index in [0.29, 0.717) is 0 Å². The van der Waals surface area contributed by atoms with Crippen LogP contribution in [0.1, 0.15) is 121 Å². The van der Waals surface area contributed by atoms with Crippen LogP contribution in [-0.4, -0.2) is 13.9 Å². The van der Waals surface area contributed by atoms with Gasteiger partial charge < -0.3 is 22.0 Å². The van der Waals surface area contributed by atoms with Gasteiger partial charge in [0, 0.05) is 11.1 Å². The number of ether oxygens (including phenoxy) is 1. The highest BCUT2D eigenvalue weighted by Gasteiger charge is 2.20. The highest BCUT2D eigenvalue weighted by atomic mass is 32.2. The van der Waals surface area contributed by atoms with Crippen molar-refractivity contribution >= 4 is 19.0 Å². The average molecular weight is 571 g/mol. The molecule has 0 saturated heterocycles. The molecule has 0 unspecified atom stereocenters. The van der Waals surface area contributed by atoms with Crippen LogP contribution >= 0.6 is 0 Å². The summed E-state index contributed by atoms with van der Waals surface area (Å²) in [6, 6.07) is 19.5. The molecule has 0 aromatic heterocycles. The van der Waals surface area contributed by atoms with E-state index >= 15 is 0 Å². The molecule has 222 valence electrons. The molecule has 0 aliphatic heterocycles. The molecule has 0 atom stereocenters. The number of benzene rings is 2. The summed E-state index contributed by atoms with van der Waals surface area (Å²) in [5.74, 6) is 3.25. The smallest absolute Gasteiger partial charge is 0.494 e. The Labute approximate surface area is 240 Å². The lowest BCUT2D eigenvalue weighted by atomic mass is 10.0. The van der Waals surface area contributed by atoms with Crippen molar-refractivity contribution in [3.8, 4) is 5.75 Å². The molecule has 0 saturated carbocycles. The average Bonchev–Trinajstić information content (AvgIpc) is 2.91. The lowest BCUT2D eigenvalue weighted by Crippen LogP contribution is -2.02. The van der Waals surface area contributed by atoms with E-state index in [1.54, 1.807) is 0 Å². The number of thiol groups is 1. The third kappa shape index (κ3) is 25.1. The van der Waals surface area contributed by atoms with Crippen molar-refractivity contribution in [2.75, 3.05) is 6.61 Å². The molecule has 0 fully saturated rings. The van der Waals surface area contributed by atoms with Crippen LogP contribution in [0.15, 0.2) is 54.6 Å². The first-order valence-corrected chi connectivity index (χ1v) is 16.4. The van der Waals surface area contributed by atoms with E-state index in [2.05, 4.69) is 61.5 Å². The molecule has 2 aromatic rings. The minimum absolute atomic E-state index is 0.851. The van der Waals surface area contributed by atoms with Gasteiger partial charge in [0.05, 0.1) is 6.61 Å². The number of unbranched alkanes of at least 4 members (excludes halogenated alkanes) is 15. The second-order valence-corrected chi connectivity index (χ2v) is 11.4. The van der Waals surface area contributed by atoms with Gasteiger partial charge in [-0.1, -0.05) is 146 Å². The van der Waals surface area contributed by atoms with Crippen LogP contribution in [0.25, 0.3) is 0 Å². The summed E-state index contributed by atoms with van der Waals surface area (Å²) < 4.78 is 45.0. The molecule has 2 aromatic carbocycles. The molecule has 0 spiro atoms. The first-order chi connectivity index (χ1) is 18.9. The van der Waals surface area contributed by atoms with E-state index in [1.807, 2.05) is 0 Å². The standard InChI is InChI=1S/C32H50OS.BF4/c1-2-3-4-5-6-7-8-9-10-11-12-13-14-15-16-20-27-33-32-25-23-31(24-26-32)29-34-28-30-21-18-17-19-22-30;2-1(3,4)5/h17-19,21-26H,2-16,20,27-29H2,1H3;/q;-1/p+1. The van der Waals surface area contributed by atoms with Gasteiger partial charge in [-0.2, -0.15) is 0 Å². The predicted molar refractivity (Wildman–Crippen MR) is 164 cm³/mol. The minimum Gasteiger partial charge on any atom is -0.494 e. The molecule has 0 bridgehead atoms. The Bertz CT molecular complexity index is 781. The maximum Gasteiger partial charge on any atom is 0.673 e. The molecule has 2 rings (SSSR count). The van der Waals surface area contributed by atoms with Crippen molar-refractivity contribution in [1.29, 1.82) is 0 Å².